The Labute approximate surface area is 143 Å². The number of para-hydroxylation sites is 2. The summed E-state index contributed by atoms with van der Waals surface area (Å²) >= 11 is 0. The molecular weight excluding hydrogens is 304 g/mol. The van der Waals surface area contributed by atoms with E-state index in [9.17, 15) is 4.79 Å². The van der Waals surface area contributed by atoms with E-state index in [-0.39, 0.29) is 12.1 Å². The molecule has 0 bridgehead atoms. The summed E-state index contributed by atoms with van der Waals surface area (Å²) < 4.78 is 11.7. The first-order chi connectivity index (χ1) is 11.8. The third-order valence-electron chi connectivity index (χ3n) is 4.58. The second-order valence-corrected chi connectivity index (χ2v) is 6.37. The maximum Gasteiger partial charge on any atom is 0.317 e. The fraction of sp³-hybridized carbons (Fsp3) is 0.526. The maximum absolute atomic E-state index is 12.4. The Hall–Kier alpha value is -2.17. The SMILES string of the molecule is CCN(CC1COc2ccccc2O1)C(=O)NCC1CC=CCC1. The molecule has 2 aliphatic rings. The molecule has 5 heteroatoms. The Bertz CT molecular complexity index is 588. The van der Waals surface area contributed by atoms with E-state index in [4.69, 9.17) is 9.47 Å². The van der Waals surface area contributed by atoms with Crippen LogP contribution in [-0.2, 0) is 0 Å². The lowest BCUT2D eigenvalue weighted by Crippen LogP contribution is -2.48. The Morgan fingerprint density at radius 3 is 2.88 bits per heavy atom. The zero-order chi connectivity index (χ0) is 16.8. The highest BCUT2D eigenvalue weighted by atomic mass is 16.6. The van der Waals surface area contributed by atoms with Gasteiger partial charge in [0.2, 0.25) is 0 Å². The predicted molar refractivity (Wildman–Crippen MR) is 93.5 cm³/mol. The summed E-state index contributed by atoms with van der Waals surface area (Å²) in [5, 5.41) is 3.07. The van der Waals surface area contributed by atoms with Crippen molar-refractivity contribution in [2.45, 2.75) is 32.3 Å². The van der Waals surface area contributed by atoms with E-state index >= 15 is 0 Å². The average Bonchev–Trinajstić information content (AvgIpc) is 2.65. The Balaban J connectivity index is 1.49. The van der Waals surface area contributed by atoms with E-state index in [0.29, 0.717) is 25.6 Å². The van der Waals surface area contributed by atoms with Gasteiger partial charge in [-0.2, -0.15) is 0 Å². The highest BCUT2D eigenvalue weighted by Gasteiger charge is 2.25. The lowest BCUT2D eigenvalue weighted by Gasteiger charge is -2.31. The number of hydrogen-bond acceptors (Lipinski definition) is 3. The van der Waals surface area contributed by atoms with E-state index in [1.54, 1.807) is 4.90 Å². The number of urea groups is 1. The van der Waals surface area contributed by atoms with Crippen LogP contribution in [0.5, 0.6) is 11.5 Å². The van der Waals surface area contributed by atoms with E-state index in [1.165, 1.54) is 0 Å². The van der Waals surface area contributed by atoms with Gasteiger partial charge in [-0.15, -0.1) is 0 Å². The number of rotatable bonds is 5. The summed E-state index contributed by atoms with van der Waals surface area (Å²) in [4.78, 5) is 14.2. The topological polar surface area (TPSA) is 50.8 Å². The molecule has 5 nitrogen and oxygen atoms in total. The quantitative estimate of drug-likeness (QED) is 0.844. The number of carbonyl (C=O) groups excluding carboxylic acids is 1. The molecule has 1 aliphatic heterocycles. The van der Waals surface area contributed by atoms with Crippen LogP contribution in [0, 0.1) is 5.92 Å². The number of ether oxygens (including phenoxy) is 2. The number of amides is 2. The summed E-state index contributed by atoms with van der Waals surface area (Å²) in [6.07, 6.45) is 7.62. The van der Waals surface area contributed by atoms with Crippen molar-refractivity contribution in [3.05, 3.63) is 36.4 Å². The molecule has 1 heterocycles. The van der Waals surface area contributed by atoms with Crippen molar-refractivity contribution in [3.63, 3.8) is 0 Å². The summed E-state index contributed by atoms with van der Waals surface area (Å²) in [6.45, 7) is 4.37. The molecule has 2 unspecified atom stereocenters. The van der Waals surface area contributed by atoms with Crippen molar-refractivity contribution in [2.75, 3.05) is 26.2 Å². The van der Waals surface area contributed by atoms with Gasteiger partial charge in [0.1, 0.15) is 6.61 Å². The van der Waals surface area contributed by atoms with Gasteiger partial charge in [0.25, 0.3) is 0 Å². The highest BCUT2D eigenvalue weighted by molar-refractivity contribution is 5.74. The molecule has 0 spiro atoms. The molecule has 1 aromatic carbocycles. The fourth-order valence-corrected chi connectivity index (χ4v) is 3.14. The third-order valence-corrected chi connectivity index (χ3v) is 4.58. The number of allylic oxidation sites excluding steroid dienone is 2. The van der Waals surface area contributed by atoms with Gasteiger partial charge in [0.05, 0.1) is 6.54 Å². The maximum atomic E-state index is 12.4. The lowest BCUT2D eigenvalue weighted by molar-refractivity contribution is 0.0674. The second-order valence-electron chi connectivity index (χ2n) is 6.37. The third kappa shape index (κ3) is 4.22. The molecule has 2 atom stereocenters. The van der Waals surface area contributed by atoms with Gasteiger partial charge in [0.15, 0.2) is 17.6 Å². The average molecular weight is 330 g/mol. The number of carbonyl (C=O) groups is 1. The molecule has 130 valence electrons. The van der Waals surface area contributed by atoms with Crippen molar-refractivity contribution in [1.29, 1.82) is 0 Å². The van der Waals surface area contributed by atoms with Crippen molar-refractivity contribution in [2.24, 2.45) is 5.92 Å². The summed E-state index contributed by atoms with van der Waals surface area (Å²) in [5.41, 5.74) is 0. The molecular formula is C19H26N2O3. The van der Waals surface area contributed by atoms with Crippen LogP contribution in [0.4, 0.5) is 4.79 Å². The molecule has 0 aromatic heterocycles. The molecule has 1 aliphatic carbocycles. The summed E-state index contributed by atoms with van der Waals surface area (Å²) in [5.74, 6) is 2.07. The molecule has 0 saturated carbocycles. The minimum atomic E-state index is -0.136. The zero-order valence-corrected chi connectivity index (χ0v) is 14.2. The first kappa shape index (κ1) is 16.7. The van der Waals surface area contributed by atoms with Crippen LogP contribution >= 0.6 is 0 Å². The van der Waals surface area contributed by atoms with E-state index in [1.807, 2.05) is 31.2 Å². The second kappa shape index (κ2) is 8.08. The van der Waals surface area contributed by atoms with Crippen molar-refractivity contribution < 1.29 is 14.3 Å². The van der Waals surface area contributed by atoms with Crippen molar-refractivity contribution in [3.8, 4) is 11.5 Å². The minimum absolute atomic E-state index is 0.0190. The Morgan fingerprint density at radius 2 is 2.12 bits per heavy atom. The molecule has 3 rings (SSSR count). The van der Waals surface area contributed by atoms with Crippen LogP contribution in [0.2, 0.25) is 0 Å². The van der Waals surface area contributed by atoms with Gasteiger partial charge in [-0.05, 0) is 44.2 Å². The standard InChI is InChI=1S/C19H26N2O3/c1-2-21(19(22)20-12-15-8-4-3-5-9-15)13-16-14-23-17-10-6-7-11-18(17)24-16/h3-4,6-7,10-11,15-16H,2,5,8-9,12-14H2,1H3,(H,20,22). The lowest BCUT2D eigenvalue weighted by atomic mass is 9.94. The molecule has 24 heavy (non-hydrogen) atoms. The molecule has 1 aromatic rings. The van der Waals surface area contributed by atoms with Crippen LogP contribution in [0.3, 0.4) is 0 Å². The normalized spacial score (nSPS) is 22.0. The summed E-state index contributed by atoms with van der Waals surface area (Å²) in [7, 11) is 0. The zero-order valence-electron chi connectivity index (χ0n) is 14.2. The van der Waals surface area contributed by atoms with E-state index < -0.39 is 0 Å². The van der Waals surface area contributed by atoms with Crippen LogP contribution in [0.15, 0.2) is 36.4 Å². The van der Waals surface area contributed by atoms with Gasteiger partial charge in [0, 0.05) is 13.1 Å². The van der Waals surface area contributed by atoms with Gasteiger partial charge in [-0.3, -0.25) is 0 Å². The smallest absolute Gasteiger partial charge is 0.317 e. The monoisotopic (exact) mass is 330 g/mol. The Kier molecular flexibility index (Phi) is 5.62. The number of likely N-dealkylation sites (N-methyl/N-ethyl adjacent to an activating group) is 1. The number of fused-ring (bicyclic) bond motifs is 1. The predicted octanol–water partition coefficient (Wildman–Crippen LogP) is 3.21. The van der Waals surface area contributed by atoms with E-state index in [2.05, 4.69) is 17.5 Å². The number of nitrogens with one attached hydrogen (secondary N) is 1. The van der Waals surface area contributed by atoms with Crippen molar-refractivity contribution >= 4 is 6.03 Å². The van der Waals surface area contributed by atoms with Gasteiger partial charge >= 0.3 is 6.03 Å². The van der Waals surface area contributed by atoms with Gasteiger partial charge < -0.3 is 19.7 Å². The first-order valence-electron chi connectivity index (χ1n) is 8.82. The molecule has 0 fully saturated rings. The molecule has 0 radical (unpaired) electrons. The van der Waals surface area contributed by atoms with E-state index in [0.717, 1.165) is 37.3 Å². The number of nitrogens with zero attached hydrogens (tertiary/aromatic N) is 1. The molecule has 2 amide bonds. The number of hydrogen-bond donors (Lipinski definition) is 1. The van der Waals surface area contributed by atoms with Gasteiger partial charge in [-0.25, -0.2) is 4.79 Å². The largest absolute Gasteiger partial charge is 0.486 e. The van der Waals surface area contributed by atoms with Gasteiger partial charge in [-0.1, -0.05) is 24.3 Å². The Morgan fingerprint density at radius 1 is 1.29 bits per heavy atom. The highest BCUT2D eigenvalue weighted by Crippen LogP contribution is 2.31. The summed E-state index contributed by atoms with van der Waals surface area (Å²) in [6, 6.07) is 7.63. The first-order valence-corrected chi connectivity index (χ1v) is 8.82. The van der Waals surface area contributed by atoms with Crippen LogP contribution in [0.25, 0.3) is 0 Å². The van der Waals surface area contributed by atoms with Crippen LogP contribution < -0.4 is 14.8 Å². The molecule has 1 N–H and O–H groups in total. The van der Waals surface area contributed by atoms with Crippen molar-refractivity contribution in [1.82, 2.24) is 10.2 Å². The minimum Gasteiger partial charge on any atom is -0.486 e. The molecule has 0 saturated heterocycles. The fourth-order valence-electron chi connectivity index (χ4n) is 3.14. The van der Waals surface area contributed by atoms with Crippen LogP contribution in [0.1, 0.15) is 26.2 Å². The number of benzene rings is 1. The van der Waals surface area contributed by atoms with Crippen LogP contribution in [-0.4, -0.2) is 43.3 Å².